The van der Waals surface area contributed by atoms with Crippen LogP contribution in [0.5, 0.6) is 0 Å². The largest absolute Gasteiger partial charge is 0.465 e. The highest BCUT2D eigenvalue weighted by atomic mass is 32.2. The number of nitrogens with one attached hydrogen (secondary N) is 1. The second-order valence-corrected chi connectivity index (χ2v) is 11.4. The number of carbonyl (C=O) groups is 2. The third kappa shape index (κ3) is 4.85. The van der Waals surface area contributed by atoms with Crippen LogP contribution in [0.3, 0.4) is 0 Å². The number of thioether (sulfide) groups is 1. The highest BCUT2D eigenvalue weighted by Crippen LogP contribution is 2.38. The molecule has 3 aromatic heterocycles. The summed E-state index contributed by atoms with van der Waals surface area (Å²) in [5.74, 6) is 0.307. The first-order valence-electron chi connectivity index (χ1n) is 11.8. The maximum Gasteiger partial charge on any atom is 0.341 e. The van der Waals surface area contributed by atoms with Crippen molar-refractivity contribution in [2.45, 2.75) is 43.8 Å². The molecule has 0 atom stereocenters. The van der Waals surface area contributed by atoms with Crippen molar-refractivity contribution in [3.63, 3.8) is 0 Å². The van der Waals surface area contributed by atoms with E-state index in [-0.39, 0.29) is 11.7 Å². The van der Waals surface area contributed by atoms with Gasteiger partial charge in [0, 0.05) is 32.5 Å². The number of hydrogen-bond donors (Lipinski definition) is 1. The van der Waals surface area contributed by atoms with Gasteiger partial charge in [0.1, 0.15) is 5.00 Å². The first-order valence-corrected chi connectivity index (χ1v) is 14.4. The Morgan fingerprint density at radius 1 is 1.22 bits per heavy atom. The van der Waals surface area contributed by atoms with Crippen molar-refractivity contribution in [1.82, 2.24) is 14.8 Å². The zero-order valence-electron chi connectivity index (χ0n) is 19.9. The number of allylic oxidation sites excluding steroid dienone is 1. The molecule has 0 fully saturated rings. The number of aryl methyl sites for hydroxylation is 1. The van der Waals surface area contributed by atoms with E-state index in [1.165, 1.54) is 39.8 Å². The van der Waals surface area contributed by atoms with Crippen molar-refractivity contribution >= 4 is 61.4 Å². The van der Waals surface area contributed by atoms with Gasteiger partial charge in [0.05, 0.1) is 18.4 Å². The van der Waals surface area contributed by atoms with Crippen molar-refractivity contribution in [3.05, 3.63) is 58.3 Å². The van der Waals surface area contributed by atoms with Crippen LogP contribution >= 0.6 is 34.4 Å². The molecule has 1 aliphatic rings. The van der Waals surface area contributed by atoms with Gasteiger partial charge < -0.3 is 10.1 Å². The van der Waals surface area contributed by atoms with Crippen molar-refractivity contribution in [1.29, 1.82) is 0 Å². The van der Waals surface area contributed by atoms with E-state index in [0.717, 1.165) is 54.4 Å². The molecule has 36 heavy (non-hydrogen) atoms. The molecule has 1 aliphatic carbocycles. The van der Waals surface area contributed by atoms with Crippen LogP contribution in [-0.2, 0) is 28.9 Å². The molecule has 0 aliphatic heterocycles. The summed E-state index contributed by atoms with van der Waals surface area (Å²) in [4.78, 5) is 26.7. The van der Waals surface area contributed by atoms with E-state index in [1.807, 2.05) is 16.7 Å². The van der Waals surface area contributed by atoms with Gasteiger partial charge in [-0.2, -0.15) is 0 Å². The molecule has 0 radical (unpaired) electrons. The topological polar surface area (TPSA) is 86.1 Å². The number of amides is 1. The number of methoxy groups -OCH3 is 1. The Bertz CT molecular complexity index is 1440. The van der Waals surface area contributed by atoms with E-state index in [4.69, 9.17) is 4.74 Å². The number of anilines is 1. The Kier molecular flexibility index (Phi) is 7.54. The average Bonchev–Trinajstić information content (AvgIpc) is 3.53. The molecule has 0 saturated carbocycles. The van der Waals surface area contributed by atoms with E-state index in [1.54, 1.807) is 17.4 Å². The standard InChI is InChI=1S/C26H26N4O3S3/c1-3-13-30-23(18-14-34-19-11-8-7-9-16(18)19)28-29-26(30)35-15-21(31)27-24-22(25(32)33-2)17-10-5-4-6-12-20(17)36-24/h3,7-9,11,14H,1,4-6,10,12-13,15H2,2H3,(H,27,31). The zero-order chi connectivity index (χ0) is 25.1. The first kappa shape index (κ1) is 24.7. The fourth-order valence-corrected chi connectivity index (χ4v) is 7.46. The zero-order valence-corrected chi connectivity index (χ0v) is 22.4. The molecule has 0 saturated heterocycles. The minimum absolute atomic E-state index is 0.142. The SMILES string of the molecule is C=CCn1c(SCC(=O)Nc2sc3c(c2C(=O)OC)CCCCC3)nnc1-c1csc2ccccc12. The lowest BCUT2D eigenvalue weighted by atomic mass is 10.1. The monoisotopic (exact) mass is 538 g/mol. The minimum atomic E-state index is -0.393. The fourth-order valence-electron chi connectivity index (χ4n) is 4.48. The molecule has 186 valence electrons. The van der Waals surface area contributed by atoms with Crippen LogP contribution in [0.15, 0.2) is 47.5 Å². The van der Waals surface area contributed by atoms with E-state index in [9.17, 15) is 9.59 Å². The first-order chi connectivity index (χ1) is 17.6. The lowest BCUT2D eigenvalue weighted by Crippen LogP contribution is -2.16. The maximum atomic E-state index is 13.0. The van der Waals surface area contributed by atoms with E-state index < -0.39 is 5.97 Å². The van der Waals surface area contributed by atoms with Gasteiger partial charge in [0.2, 0.25) is 5.91 Å². The summed E-state index contributed by atoms with van der Waals surface area (Å²) in [6, 6.07) is 8.20. The van der Waals surface area contributed by atoms with Crippen LogP contribution in [0, 0.1) is 0 Å². The minimum Gasteiger partial charge on any atom is -0.465 e. The van der Waals surface area contributed by atoms with Gasteiger partial charge in [-0.15, -0.1) is 39.4 Å². The number of fused-ring (bicyclic) bond motifs is 2. The molecule has 5 rings (SSSR count). The van der Waals surface area contributed by atoms with Gasteiger partial charge >= 0.3 is 5.97 Å². The molecule has 0 bridgehead atoms. The third-order valence-corrected chi connectivity index (χ3v) is 9.28. The summed E-state index contributed by atoms with van der Waals surface area (Å²) in [6.07, 6.45) is 6.85. The van der Waals surface area contributed by atoms with Crippen LogP contribution in [0.25, 0.3) is 21.5 Å². The van der Waals surface area contributed by atoms with Crippen LogP contribution in [0.2, 0.25) is 0 Å². The van der Waals surface area contributed by atoms with Crippen molar-refractivity contribution in [2.75, 3.05) is 18.2 Å². The van der Waals surface area contributed by atoms with Crippen molar-refractivity contribution in [3.8, 4) is 11.4 Å². The molecule has 4 aromatic rings. The van der Waals surface area contributed by atoms with Gasteiger partial charge in [0.15, 0.2) is 11.0 Å². The van der Waals surface area contributed by atoms with Crippen LogP contribution in [-0.4, -0.2) is 39.5 Å². The number of aromatic nitrogens is 3. The number of nitrogens with zero attached hydrogens (tertiary/aromatic N) is 3. The molecule has 1 N–H and O–H groups in total. The normalized spacial score (nSPS) is 13.2. The number of thiophene rings is 2. The Hall–Kier alpha value is -2.95. The summed E-state index contributed by atoms with van der Waals surface area (Å²) in [7, 11) is 1.38. The Morgan fingerprint density at radius 2 is 2.06 bits per heavy atom. The molecule has 1 amide bonds. The molecular weight excluding hydrogens is 513 g/mol. The number of benzene rings is 1. The van der Waals surface area contributed by atoms with Crippen molar-refractivity contribution < 1.29 is 14.3 Å². The van der Waals surface area contributed by atoms with Gasteiger partial charge in [-0.3, -0.25) is 9.36 Å². The number of hydrogen-bond acceptors (Lipinski definition) is 8. The lowest BCUT2D eigenvalue weighted by molar-refractivity contribution is -0.113. The molecule has 1 aromatic carbocycles. The van der Waals surface area contributed by atoms with Crippen LogP contribution in [0.1, 0.15) is 40.1 Å². The predicted octanol–water partition coefficient (Wildman–Crippen LogP) is 6.19. The quantitative estimate of drug-likeness (QED) is 0.125. The molecule has 0 unspecified atom stereocenters. The number of ether oxygens (including phenoxy) is 1. The number of rotatable bonds is 8. The predicted molar refractivity (Wildman–Crippen MR) is 147 cm³/mol. The smallest absolute Gasteiger partial charge is 0.341 e. The second-order valence-electron chi connectivity index (χ2n) is 8.45. The molecule has 3 heterocycles. The van der Waals surface area contributed by atoms with Gasteiger partial charge in [-0.05, 0) is 37.3 Å². The Morgan fingerprint density at radius 3 is 2.89 bits per heavy atom. The highest BCUT2D eigenvalue weighted by Gasteiger charge is 2.26. The lowest BCUT2D eigenvalue weighted by Gasteiger charge is -2.09. The van der Waals surface area contributed by atoms with Crippen LogP contribution < -0.4 is 5.32 Å². The summed E-state index contributed by atoms with van der Waals surface area (Å²) < 4.78 is 8.21. The molecule has 10 heteroatoms. The van der Waals surface area contributed by atoms with Crippen molar-refractivity contribution in [2.24, 2.45) is 0 Å². The van der Waals surface area contributed by atoms with E-state index >= 15 is 0 Å². The van der Waals surface area contributed by atoms with E-state index in [0.29, 0.717) is 22.3 Å². The maximum absolute atomic E-state index is 13.0. The van der Waals surface area contributed by atoms with Gasteiger partial charge in [-0.25, -0.2) is 4.79 Å². The molecule has 7 nitrogen and oxygen atoms in total. The molecular formula is C26H26N4O3S3. The third-order valence-electron chi connectivity index (χ3n) is 6.15. The molecule has 0 spiro atoms. The summed E-state index contributed by atoms with van der Waals surface area (Å²) in [5, 5.41) is 16.2. The van der Waals surface area contributed by atoms with Gasteiger partial charge in [-0.1, -0.05) is 42.5 Å². The van der Waals surface area contributed by atoms with E-state index in [2.05, 4.69) is 39.6 Å². The van der Waals surface area contributed by atoms with Gasteiger partial charge in [0.25, 0.3) is 0 Å². The number of esters is 1. The Balaban J connectivity index is 1.35. The van der Waals surface area contributed by atoms with Crippen LogP contribution in [0.4, 0.5) is 5.00 Å². The summed E-state index contributed by atoms with van der Waals surface area (Å²) in [5.41, 5.74) is 2.56. The average molecular weight is 539 g/mol. The summed E-state index contributed by atoms with van der Waals surface area (Å²) >= 11 is 4.48. The second kappa shape index (κ2) is 11.0. The number of carbonyl (C=O) groups excluding carboxylic acids is 2. The fraction of sp³-hybridized carbons (Fsp3) is 0.308. The summed E-state index contributed by atoms with van der Waals surface area (Å²) in [6.45, 7) is 4.41. The Labute approximate surface area is 221 Å². The highest BCUT2D eigenvalue weighted by molar-refractivity contribution is 7.99.